The van der Waals surface area contributed by atoms with E-state index in [2.05, 4.69) is 15.5 Å². The molecule has 0 fully saturated rings. The fourth-order valence-corrected chi connectivity index (χ4v) is 3.09. The molecule has 4 aromatic carbocycles. The van der Waals surface area contributed by atoms with Crippen molar-refractivity contribution in [3.05, 3.63) is 101 Å². The molecule has 152 valence electrons. The maximum atomic E-state index is 12.8. The van der Waals surface area contributed by atoms with Crippen LogP contribution in [0.25, 0.3) is 10.8 Å². The Hall–Kier alpha value is -4.59. The Bertz CT molecular complexity index is 1320. The number of rotatable bonds is 5. The van der Waals surface area contributed by atoms with Crippen LogP contribution >= 0.6 is 0 Å². The van der Waals surface area contributed by atoms with E-state index in [4.69, 9.17) is 0 Å². The molecule has 0 spiro atoms. The minimum absolute atomic E-state index is 0.0375. The van der Waals surface area contributed by atoms with Gasteiger partial charge in [-0.05, 0) is 29.7 Å². The molecule has 0 atom stereocenters. The van der Waals surface area contributed by atoms with Crippen LogP contribution in [0.1, 0.15) is 10.4 Å². The topological polar surface area (TPSA) is 117 Å². The number of nitrogens with zero attached hydrogens (tertiary/aromatic N) is 3. The van der Waals surface area contributed by atoms with Crippen molar-refractivity contribution in [1.82, 2.24) is 0 Å². The number of hydrogen-bond acceptors (Lipinski definition) is 6. The Morgan fingerprint density at radius 3 is 2.42 bits per heavy atom. The third-order valence-electron chi connectivity index (χ3n) is 4.58. The van der Waals surface area contributed by atoms with Gasteiger partial charge in [0.2, 0.25) is 0 Å². The average Bonchev–Trinajstić information content (AvgIpc) is 2.79. The smallest absolute Gasteiger partial charge is 0.271 e. The summed E-state index contributed by atoms with van der Waals surface area (Å²) in [5, 5.41) is 34.0. The van der Waals surface area contributed by atoms with Crippen molar-refractivity contribution >= 4 is 39.4 Å². The molecule has 8 heteroatoms. The largest absolute Gasteiger partial charge is 0.505 e. The van der Waals surface area contributed by atoms with Gasteiger partial charge in [-0.3, -0.25) is 14.9 Å². The van der Waals surface area contributed by atoms with Crippen LogP contribution in [0.5, 0.6) is 5.75 Å². The molecule has 0 saturated heterocycles. The van der Waals surface area contributed by atoms with E-state index >= 15 is 0 Å². The van der Waals surface area contributed by atoms with Crippen LogP contribution in [0.2, 0.25) is 0 Å². The van der Waals surface area contributed by atoms with Gasteiger partial charge >= 0.3 is 0 Å². The van der Waals surface area contributed by atoms with Gasteiger partial charge in [0.15, 0.2) is 5.75 Å². The number of amides is 1. The molecule has 4 aromatic rings. The molecule has 0 heterocycles. The highest BCUT2D eigenvalue weighted by molar-refractivity contribution is 6.11. The number of para-hydroxylation sites is 1. The summed E-state index contributed by atoms with van der Waals surface area (Å²) in [6.07, 6.45) is 0. The van der Waals surface area contributed by atoms with E-state index in [-0.39, 0.29) is 28.4 Å². The molecule has 4 rings (SSSR count). The number of phenols is 1. The molecular weight excluding hydrogens is 396 g/mol. The Labute approximate surface area is 176 Å². The monoisotopic (exact) mass is 412 g/mol. The maximum Gasteiger partial charge on any atom is 0.271 e. The van der Waals surface area contributed by atoms with Crippen molar-refractivity contribution in [3.63, 3.8) is 0 Å². The van der Waals surface area contributed by atoms with Crippen LogP contribution in [0, 0.1) is 10.1 Å². The first-order chi connectivity index (χ1) is 15.0. The van der Waals surface area contributed by atoms with Gasteiger partial charge in [0.1, 0.15) is 5.69 Å². The van der Waals surface area contributed by atoms with E-state index in [1.165, 1.54) is 18.2 Å². The molecule has 0 saturated carbocycles. The first-order valence-corrected chi connectivity index (χ1v) is 9.30. The summed E-state index contributed by atoms with van der Waals surface area (Å²) in [5.74, 6) is -0.831. The third kappa shape index (κ3) is 4.23. The SMILES string of the molecule is O=C(Nc1ccccc1)c1cc2ccccc2c(N=Nc2cccc([N+](=O)[O-])c2)c1O. The maximum absolute atomic E-state index is 12.8. The predicted octanol–water partition coefficient (Wildman–Crippen LogP) is 6.12. The molecule has 0 aromatic heterocycles. The molecule has 8 nitrogen and oxygen atoms in total. The van der Waals surface area contributed by atoms with Gasteiger partial charge in [-0.25, -0.2) is 0 Å². The molecule has 2 N–H and O–H groups in total. The number of carbonyl (C=O) groups is 1. The van der Waals surface area contributed by atoms with Crippen molar-refractivity contribution in [3.8, 4) is 5.75 Å². The number of carbonyl (C=O) groups excluding carboxylic acids is 1. The fourth-order valence-electron chi connectivity index (χ4n) is 3.09. The van der Waals surface area contributed by atoms with Gasteiger partial charge in [-0.1, -0.05) is 48.5 Å². The van der Waals surface area contributed by atoms with Crippen LogP contribution in [-0.2, 0) is 0 Å². The fraction of sp³-hybridized carbons (Fsp3) is 0. The van der Waals surface area contributed by atoms with Crippen molar-refractivity contribution in [2.24, 2.45) is 10.2 Å². The van der Waals surface area contributed by atoms with Gasteiger partial charge < -0.3 is 10.4 Å². The third-order valence-corrected chi connectivity index (χ3v) is 4.58. The van der Waals surface area contributed by atoms with Crippen molar-refractivity contribution in [1.29, 1.82) is 0 Å². The normalized spacial score (nSPS) is 11.0. The number of benzene rings is 4. The molecule has 0 unspecified atom stereocenters. The molecule has 31 heavy (non-hydrogen) atoms. The zero-order valence-corrected chi connectivity index (χ0v) is 16.1. The first-order valence-electron chi connectivity index (χ1n) is 9.30. The summed E-state index contributed by atoms with van der Waals surface area (Å²) in [5.41, 5.74) is 0.844. The number of nitro groups is 1. The zero-order chi connectivity index (χ0) is 21.8. The van der Waals surface area contributed by atoms with E-state index in [9.17, 15) is 20.0 Å². The summed E-state index contributed by atoms with van der Waals surface area (Å²) >= 11 is 0. The molecule has 0 aliphatic heterocycles. The summed E-state index contributed by atoms with van der Waals surface area (Å²) in [7, 11) is 0. The van der Waals surface area contributed by atoms with E-state index in [1.807, 2.05) is 6.07 Å². The lowest BCUT2D eigenvalue weighted by Crippen LogP contribution is -2.12. The number of non-ortho nitro benzene ring substituents is 1. The van der Waals surface area contributed by atoms with Crippen LogP contribution in [0.3, 0.4) is 0 Å². The number of aromatic hydroxyl groups is 1. The number of fused-ring (bicyclic) bond motifs is 1. The number of nitro benzene ring substituents is 1. The molecule has 0 aliphatic rings. The first kappa shape index (κ1) is 19.7. The van der Waals surface area contributed by atoms with Gasteiger partial charge in [0, 0.05) is 23.2 Å². The van der Waals surface area contributed by atoms with E-state index in [0.29, 0.717) is 16.5 Å². The Morgan fingerprint density at radius 2 is 1.65 bits per heavy atom. The Kier molecular flexibility index (Phi) is 5.35. The molecule has 1 amide bonds. The number of anilines is 1. The van der Waals surface area contributed by atoms with Crippen molar-refractivity contribution in [2.45, 2.75) is 0 Å². The highest BCUT2D eigenvalue weighted by Gasteiger charge is 2.18. The van der Waals surface area contributed by atoms with Crippen molar-refractivity contribution < 1.29 is 14.8 Å². The number of azo groups is 1. The minimum atomic E-state index is -0.527. The summed E-state index contributed by atoms with van der Waals surface area (Å²) in [6, 6.07) is 23.2. The lowest BCUT2D eigenvalue weighted by Gasteiger charge is -2.11. The van der Waals surface area contributed by atoms with Crippen LogP contribution < -0.4 is 5.32 Å². The second-order valence-electron chi connectivity index (χ2n) is 6.64. The van der Waals surface area contributed by atoms with Crippen LogP contribution in [-0.4, -0.2) is 15.9 Å². The van der Waals surface area contributed by atoms with E-state index in [0.717, 1.165) is 0 Å². The van der Waals surface area contributed by atoms with Gasteiger partial charge in [0.25, 0.3) is 11.6 Å². The van der Waals surface area contributed by atoms with E-state index < -0.39 is 10.8 Å². The lowest BCUT2D eigenvalue weighted by molar-refractivity contribution is -0.384. The van der Waals surface area contributed by atoms with Gasteiger partial charge in [0.05, 0.1) is 16.2 Å². The number of phenolic OH excluding ortho intramolecular Hbond substituents is 1. The molecule has 0 bridgehead atoms. The molecular formula is C23H16N4O4. The second-order valence-corrected chi connectivity index (χ2v) is 6.64. The van der Waals surface area contributed by atoms with Crippen LogP contribution in [0.15, 0.2) is 95.2 Å². The highest BCUT2D eigenvalue weighted by atomic mass is 16.6. The van der Waals surface area contributed by atoms with Crippen molar-refractivity contribution in [2.75, 3.05) is 5.32 Å². The lowest BCUT2D eigenvalue weighted by atomic mass is 10.0. The van der Waals surface area contributed by atoms with Crippen LogP contribution in [0.4, 0.5) is 22.7 Å². The van der Waals surface area contributed by atoms with E-state index in [1.54, 1.807) is 60.7 Å². The summed E-state index contributed by atoms with van der Waals surface area (Å²) in [6.45, 7) is 0. The Morgan fingerprint density at radius 1 is 0.903 bits per heavy atom. The van der Waals surface area contributed by atoms with Gasteiger partial charge in [-0.15, -0.1) is 5.11 Å². The number of nitrogens with one attached hydrogen (secondary N) is 1. The number of hydrogen-bond donors (Lipinski definition) is 2. The zero-order valence-electron chi connectivity index (χ0n) is 16.1. The van der Waals surface area contributed by atoms with Gasteiger partial charge in [-0.2, -0.15) is 5.11 Å². The average molecular weight is 412 g/mol. The second kappa shape index (κ2) is 8.42. The molecule has 0 aliphatic carbocycles. The summed E-state index contributed by atoms with van der Waals surface area (Å²) in [4.78, 5) is 23.3. The minimum Gasteiger partial charge on any atom is -0.505 e. The predicted molar refractivity (Wildman–Crippen MR) is 117 cm³/mol. The quantitative estimate of drug-likeness (QED) is 0.233. The standard InChI is InChI=1S/C23H16N4O4/c28-22-20(23(29)24-16-8-2-1-3-9-16)13-15-7-4-5-12-19(15)21(22)26-25-17-10-6-11-18(14-17)27(30)31/h1-14,28H,(H,24,29). The molecule has 0 radical (unpaired) electrons. The highest BCUT2D eigenvalue weighted by Crippen LogP contribution is 2.39. The Balaban J connectivity index is 1.77. The summed E-state index contributed by atoms with van der Waals surface area (Å²) < 4.78 is 0.